The van der Waals surface area contributed by atoms with E-state index in [1.165, 1.54) is 0 Å². The van der Waals surface area contributed by atoms with Gasteiger partial charge in [-0.3, -0.25) is 0 Å². The first-order valence-electron chi connectivity index (χ1n) is 6.47. The van der Waals surface area contributed by atoms with Gasteiger partial charge in [0.1, 0.15) is 0 Å². The monoisotopic (exact) mass is 343 g/mol. The smallest absolute Gasteiger partial charge is 0.187 e. The van der Waals surface area contributed by atoms with Gasteiger partial charge in [-0.15, -0.1) is 5.10 Å². The van der Waals surface area contributed by atoms with E-state index in [1.54, 1.807) is 4.68 Å². The lowest BCUT2D eigenvalue weighted by Crippen LogP contribution is -2.03. The molecule has 3 rings (SSSR count). The molecule has 2 N–H and O–H groups in total. The minimum Gasteiger partial charge on any atom is -0.398 e. The Labute approximate surface area is 130 Å². The molecule has 0 saturated heterocycles. The van der Waals surface area contributed by atoms with Crippen LogP contribution in [-0.2, 0) is 0 Å². The quantitative estimate of drug-likeness (QED) is 0.725. The van der Waals surface area contributed by atoms with Crippen LogP contribution in [0.3, 0.4) is 0 Å². The molecule has 0 spiro atoms. The second-order valence-electron chi connectivity index (χ2n) is 4.94. The second kappa shape index (κ2) is 5.29. The van der Waals surface area contributed by atoms with Crippen LogP contribution < -0.4 is 5.73 Å². The molecule has 0 atom stereocenters. The first-order valence-corrected chi connectivity index (χ1v) is 7.27. The highest BCUT2D eigenvalue weighted by atomic mass is 79.9. The van der Waals surface area contributed by atoms with Crippen molar-refractivity contribution < 1.29 is 0 Å². The number of tetrazole rings is 1. The van der Waals surface area contributed by atoms with Crippen molar-refractivity contribution in [1.82, 2.24) is 20.2 Å². The Balaban J connectivity index is 2.17. The summed E-state index contributed by atoms with van der Waals surface area (Å²) in [5.41, 5.74) is 10.7. The fraction of sp³-hybridized carbons (Fsp3) is 0.133. The van der Waals surface area contributed by atoms with Gasteiger partial charge in [0.2, 0.25) is 0 Å². The van der Waals surface area contributed by atoms with E-state index in [-0.39, 0.29) is 0 Å². The topological polar surface area (TPSA) is 69.6 Å². The van der Waals surface area contributed by atoms with E-state index in [1.807, 2.05) is 32.0 Å². The zero-order valence-electron chi connectivity index (χ0n) is 11.7. The molecule has 0 saturated carbocycles. The Morgan fingerprint density at radius 2 is 1.90 bits per heavy atom. The van der Waals surface area contributed by atoms with Gasteiger partial charge < -0.3 is 5.73 Å². The number of benzene rings is 2. The highest BCUT2D eigenvalue weighted by molar-refractivity contribution is 9.10. The van der Waals surface area contributed by atoms with Gasteiger partial charge in [0.15, 0.2) is 5.82 Å². The molecule has 0 radical (unpaired) electrons. The van der Waals surface area contributed by atoms with Crippen LogP contribution in [0.2, 0.25) is 0 Å². The molecule has 1 heterocycles. The molecule has 106 valence electrons. The van der Waals surface area contributed by atoms with Crippen LogP contribution >= 0.6 is 15.9 Å². The number of aromatic nitrogens is 4. The van der Waals surface area contributed by atoms with Crippen molar-refractivity contribution in [2.45, 2.75) is 13.8 Å². The maximum atomic E-state index is 5.94. The van der Waals surface area contributed by atoms with E-state index in [0.717, 1.165) is 26.9 Å². The Kier molecular flexibility index (Phi) is 3.47. The zero-order chi connectivity index (χ0) is 15.0. The molecule has 1 aromatic heterocycles. The van der Waals surface area contributed by atoms with Crippen molar-refractivity contribution in [3.63, 3.8) is 0 Å². The number of nitrogens with zero attached hydrogens (tertiary/aromatic N) is 4. The number of halogens is 1. The standard InChI is InChI=1S/C15H14BrN5/c1-9-3-4-10(2)14(7-9)21-15(18-19-20-21)11-5-6-12(16)13(17)8-11/h3-8H,17H2,1-2H3. The second-order valence-corrected chi connectivity index (χ2v) is 5.79. The van der Waals surface area contributed by atoms with Gasteiger partial charge in [-0.25, -0.2) is 0 Å². The van der Waals surface area contributed by atoms with Crippen LogP contribution in [0.25, 0.3) is 17.1 Å². The van der Waals surface area contributed by atoms with Gasteiger partial charge in [-0.1, -0.05) is 12.1 Å². The van der Waals surface area contributed by atoms with Gasteiger partial charge in [0.25, 0.3) is 0 Å². The highest BCUT2D eigenvalue weighted by Crippen LogP contribution is 2.27. The average molecular weight is 344 g/mol. The molecule has 21 heavy (non-hydrogen) atoms. The van der Waals surface area contributed by atoms with Crippen LogP contribution in [0.1, 0.15) is 11.1 Å². The molecule has 0 unspecified atom stereocenters. The third-order valence-electron chi connectivity index (χ3n) is 3.32. The van der Waals surface area contributed by atoms with Gasteiger partial charge in [-0.05, 0) is 75.6 Å². The van der Waals surface area contributed by atoms with Gasteiger partial charge in [-0.2, -0.15) is 4.68 Å². The van der Waals surface area contributed by atoms with Gasteiger partial charge >= 0.3 is 0 Å². The Bertz CT molecular complexity index is 810. The van der Waals surface area contributed by atoms with Crippen molar-refractivity contribution >= 4 is 21.6 Å². The zero-order valence-corrected chi connectivity index (χ0v) is 13.3. The molecule has 5 nitrogen and oxygen atoms in total. The van der Waals surface area contributed by atoms with Crippen molar-refractivity contribution in [3.8, 4) is 17.1 Å². The van der Waals surface area contributed by atoms with E-state index < -0.39 is 0 Å². The summed E-state index contributed by atoms with van der Waals surface area (Å²) in [6, 6.07) is 11.9. The van der Waals surface area contributed by atoms with Crippen LogP contribution in [-0.4, -0.2) is 20.2 Å². The Hall–Kier alpha value is -2.21. The third-order valence-corrected chi connectivity index (χ3v) is 4.04. The van der Waals surface area contributed by atoms with Crippen LogP contribution in [0.15, 0.2) is 40.9 Å². The number of rotatable bonds is 2. The lowest BCUT2D eigenvalue weighted by atomic mass is 10.1. The molecule has 2 aromatic carbocycles. The summed E-state index contributed by atoms with van der Waals surface area (Å²) >= 11 is 3.39. The first-order chi connectivity index (χ1) is 10.1. The van der Waals surface area contributed by atoms with Gasteiger partial charge in [0.05, 0.1) is 5.69 Å². The Morgan fingerprint density at radius 1 is 1.10 bits per heavy atom. The number of hydrogen-bond donors (Lipinski definition) is 1. The maximum absolute atomic E-state index is 5.94. The van der Waals surface area contributed by atoms with Crippen molar-refractivity contribution in [2.24, 2.45) is 0 Å². The predicted molar refractivity (Wildman–Crippen MR) is 86.2 cm³/mol. The molecular weight excluding hydrogens is 330 g/mol. The molecule has 0 aliphatic heterocycles. The minimum atomic E-state index is 0.656. The van der Waals surface area contributed by atoms with Crippen molar-refractivity contribution in [3.05, 3.63) is 52.0 Å². The maximum Gasteiger partial charge on any atom is 0.187 e. The molecule has 0 amide bonds. The molecule has 0 bridgehead atoms. The fourth-order valence-electron chi connectivity index (χ4n) is 2.16. The number of aryl methyl sites for hydroxylation is 2. The summed E-state index contributed by atoms with van der Waals surface area (Å²) in [7, 11) is 0. The summed E-state index contributed by atoms with van der Waals surface area (Å²) in [5.74, 6) is 0.669. The molecule has 0 fully saturated rings. The molecule has 0 aliphatic rings. The molecular formula is C15H14BrN5. The number of anilines is 1. The number of hydrogen-bond acceptors (Lipinski definition) is 4. The summed E-state index contributed by atoms with van der Waals surface area (Å²) < 4.78 is 2.60. The summed E-state index contributed by atoms with van der Waals surface area (Å²) in [6.45, 7) is 4.08. The molecule has 6 heteroatoms. The van der Waals surface area contributed by atoms with E-state index in [9.17, 15) is 0 Å². The van der Waals surface area contributed by atoms with E-state index >= 15 is 0 Å². The molecule has 0 aliphatic carbocycles. The minimum absolute atomic E-state index is 0.656. The predicted octanol–water partition coefficient (Wildman–Crippen LogP) is 3.29. The summed E-state index contributed by atoms with van der Waals surface area (Å²) in [4.78, 5) is 0. The van der Waals surface area contributed by atoms with Crippen LogP contribution in [0.5, 0.6) is 0 Å². The van der Waals surface area contributed by atoms with Crippen LogP contribution in [0.4, 0.5) is 5.69 Å². The number of nitrogen functional groups attached to an aromatic ring is 1. The lowest BCUT2D eigenvalue weighted by molar-refractivity contribution is 0.787. The average Bonchev–Trinajstić information content (AvgIpc) is 2.93. The SMILES string of the molecule is Cc1ccc(C)c(-n2nnnc2-c2ccc(Br)c(N)c2)c1. The van der Waals surface area contributed by atoms with Crippen molar-refractivity contribution in [1.29, 1.82) is 0 Å². The first kappa shape index (κ1) is 13.8. The van der Waals surface area contributed by atoms with E-state index in [4.69, 9.17) is 5.73 Å². The van der Waals surface area contributed by atoms with Crippen LogP contribution in [0, 0.1) is 13.8 Å². The largest absolute Gasteiger partial charge is 0.398 e. The normalized spacial score (nSPS) is 10.8. The van der Waals surface area contributed by atoms with Crippen molar-refractivity contribution in [2.75, 3.05) is 5.73 Å². The van der Waals surface area contributed by atoms with Gasteiger partial charge in [0, 0.05) is 15.7 Å². The summed E-state index contributed by atoms with van der Waals surface area (Å²) in [6.07, 6.45) is 0. The molecule has 3 aromatic rings. The lowest BCUT2D eigenvalue weighted by Gasteiger charge is -2.09. The van der Waals surface area contributed by atoms with E-state index in [2.05, 4.69) is 49.7 Å². The third kappa shape index (κ3) is 2.54. The Morgan fingerprint density at radius 3 is 2.67 bits per heavy atom. The highest BCUT2D eigenvalue weighted by Gasteiger charge is 2.13. The summed E-state index contributed by atoms with van der Waals surface area (Å²) in [5, 5.41) is 12.1. The van der Waals surface area contributed by atoms with E-state index in [0.29, 0.717) is 11.5 Å². The number of nitrogens with two attached hydrogens (primary N) is 1. The fourth-order valence-corrected chi connectivity index (χ4v) is 2.41.